The molecule has 0 saturated carbocycles. The number of carboxylic acid groups (broad SMARTS) is 1. The van der Waals surface area contributed by atoms with Crippen molar-refractivity contribution in [1.29, 1.82) is 0 Å². The van der Waals surface area contributed by atoms with Crippen LogP contribution in [0.4, 0.5) is 17.6 Å². The van der Waals surface area contributed by atoms with Crippen LogP contribution < -0.4 is 20.7 Å². The molecule has 3 amide bonds. The number of aryl methyl sites for hydroxylation is 1. The first-order valence-corrected chi connectivity index (χ1v) is 13.0. The van der Waals surface area contributed by atoms with E-state index in [1.165, 1.54) is 13.8 Å². The van der Waals surface area contributed by atoms with Crippen molar-refractivity contribution in [3.8, 4) is 5.75 Å². The third-order valence-corrected chi connectivity index (χ3v) is 6.63. The summed E-state index contributed by atoms with van der Waals surface area (Å²) in [5.74, 6) is -15.6. The minimum absolute atomic E-state index is 0.0680. The van der Waals surface area contributed by atoms with Crippen molar-refractivity contribution in [3.63, 3.8) is 0 Å². The van der Waals surface area contributed by atoms with Gasteiger partial charge in [0.15, 0.2) is 23.2 Å². The second-order valence-electron chi connectivity index (χ2n) is 10.0. The number of fused-ring (bicyclic) bond motifs is 1. The van der Waals surface area contributed by atoms with Crippen LogP contribution in [0.3, 0.4) is 0 Å². The number of rotatable bonds is 11. The average molecular weight is 596 g/mol. The average Bonchev–Trinajstić information content (AvgIpc) is 2.93. The fourth-order valence-electron chi connectivity index (χ4n) is 4.47. The number of ether oxygens (including phenoxy) is 1. The molecule has 4 N–H and O–H groups in total. The van der Waals surface area contributed by atoms with Crippen LogP contribution in [0.25, 0.3) is 0 Å². The number of Topliss-reactive ketones (excluding diaryl/α,β-unsaturated/α-hetero) is 1. The van der Waals surface area contributed by atoms with Crippen molar-refractivity contribution in [3.05, 3.63) is 64.7 Å². The number of carbonyl (C=O) groups excluding carboxylic acids is 4. The topological polar surface area (TPSA) is 151 Å². The largest absolute Gasteiger partial charge is 0.481 e. The lowest BCUT2D eigenvalue weighted by Gasteiger charge is -2.27. The highest BCUT2D eigenvalue weighted by atomic mass is 19.2. The van der Waals surface area contributed by atoms with E-state index < -0.39 is 95.6 Å². The Morgan fingerprint density at radius 1 is 0.976 bits per heavy atom. The van der Waals surface area contributed by atoms with E-state index in [2.05, 4.69) is 20.7 Å². The monoisotopic (exact) mass is 595 g/mol. The van der Waals surface area contributed by atoms with E-state index in [0.29, 0.717) is 6.42 Å². The summed E-state index contributed by atoms with van der Waals surface area (Å²) in [5, 5.41) is 16.2. The molecule has 0 aliphatic heterocycles. The van der Waals surface area contributed by atoms with Gasteiger partial charge in [-0.2, -0.15) is 8.78 Å². The van der Waals surface area contributed by atoms with E-state index in [-0.39, 0.29) is 6.07 Å². The van der Waals surface area contributed by atoms with Gasteiger partial charge < -0.3 is 25.8 Å². The molecular formula is C28H29F4N3O7. The van der Waals surface area contributed by atoms with Crippen molar-refractivity contribution in [2.45, 2.75) is 57.7 Å². The highest BCUT2D eigenvalue weighted by molar-refractivity contribution is 6.35. The lowest BCUT2D eigenvalue weighted by Crippen LogP contribution is -2.56. The number of benzene rings is 2. The van der Waals surface area contributed by atoms with Gasteiger partial charge in [0.1, 0.15) is 18.7 Å². The predicted octanol–water partition coefficient (Wildman–Crippen LogP) is 2.48. The Morgan fingerprint density at radius 3 is 2.24 bits per heavy atom. The van der Waals surface area contributed by atoms with Gasteiger partial charge in [0.05, 0.1) is 12.5 Å². The Hall–Kier alpha value is -4.49. The predicted molar refractivity (Wildman–Crippen MR) is 138 cm³/mol. The summed E-state index contributed by atoms with van der Waals surface area (Å²) < 4.78 is 59.2. The number of hydrogen-bond donors (Lipinski definition) is 4. The van der Waals surface area contributed by atoms with Crippen molar-refractivity contribution in [2.75, 3.05) is 6.61 Å². The Balaban J connectivity index is 1.67. The fraction of sp³-hybridized carbons (Fsp3) is 0.393. The summed E-state index contributed by atoms with van der Waals surface area (Å²) in [5.41, 5.74) is 1.92. The summed E-state index contributed by atoms with van der Waals surface area (Å²) in [6.07, 6.45) is 1.21. The number of nitrogens with one attached hydrogen (secondary N) is 3. The second kappa shape index (κ2) is 13.9. The quantitative estimate of drug-likeness (QED) is 0.177. The molecule has 0 saturated heterocycles. The number of carbonyl (C=O) groups is 5. The Morgan fingerprint density at radius 2 is 1.62 bits per heavy atom. The van der Waals surface area contributed by atoms with Crippen LogP contribution in [-0.4, -0.2) is 53.3 Å². The molecule has 0 radical (unpaired) electrons. The zero-order valence-electron chi connectivity index (χ0n) is 22.6. The van der Waals surface area contributed by atoms with E-state index >= 15 is 0 Å². The maximum atomic E-state index is 13.9. The van der Waals surface area contributed by atoms with Gasteiger partial charge in [-0.25, -0.2) is 8.78 Å². The molecule has 0 fully saturated rings. The SMILES string of the molecule is CC(C)[C@H](NC(=O)C(=O)NC1CCCc2ccccc21)C(=O)N[C@@H](CC(=O)O)C(=O)COc1c(F)c(F)cc(F)c1F. The minimum atomic E-state index is -1.92. The smallest absolute Gasteiger partial charge is 0.309 e. The second-order valence-corrected chi connectivity index (χ2v) is 10.0. The molecule has 2 aromatic rings. The zero-order valence-corrected chi connectivity index (χ0v) is 22.6. The van der Waals surface area contributed by atoms with Crippen LogP contribution in [0.2, 0.25) is 0 Å². The van der Waals surface area contributed by atoms with Gasteiger partial charge in [-0.15, -0.1) is 0 Å². The molecule has 0 bridgehead atoms. The third-order valence-electron chi connectivity index (χ3n) is 6.63. The molecule has 10 nitrogen and oxygen atoms in total. The number of aliphatic carboxylic acids is 1. The molecule has 0 aromatic heterocycles. The number of carboxylic acids is 1. The maximum absolute atomic E-state index is 13.9. The van der Waals surface area contributed by atoms with Crippen LogP contribution in [0.5, 0.6) is 5.75 Å². The number of halogens is 4. The van der Waals surface area contributed by atoms with Gasteiger partial charge in [0.2, 0.25) is 17.5 Å². The van der Waals surface area contributed by atoms with Crippen molar-refractivity contribution in [2.24, 2.45) is 5.92 Å². The number of hydrogen-bond acceptors (Lipinski definition) is 6. The molecule has 0 heterocycles. The van der Waals surface area contributed by atoms with Crippen molar-refractivity contribution < 1.29 is 51.4 Å². The fourth-order valence-corrected chi connectivity index (χ4v) is 4.47. The summed E-state index contributed by atoms with van der Waals surface area (Å²) in [6, 6.07) is 3.73. The van der Waals surface area contributed by atoms with Gasteiger partial charge in [-0.05, 0) is 36.3 Å². The first kappa shape index (κ1) is 32.0. The van der Waals surface area contributed by atoms with Gasteiger partial charge in [0.25, 0.3) is 0 Å². The third kappa shape index (κ3) is 7.83. The molecule has 226 valence electrons. The zero-order chi connectivity index (χ0) is 31.1. The maximum Gasteiger partial charge on any atom is 0.309 e. The van der Waals surface area contributed by atoms with Gasteiger partial charge in [0, 0.05) is 6.07 Å². The van der Waals surface area contributed by atoms with Crippen LogP contribution >= 0.6 is 0 Å². The molecule has 1 aliphatic rings. The minimum Gasteiger partial charge on any atom is -0.481 e. The normalized spacial score (nSPS) is 15.6. The molecule has 42 heavy (non-hydrogen) atoms. The highest BCUT2D eigenvalue weighted by Gasteiger charge is 2.33. The summed E-state index contributed by atoms with van der Waals surface area (Å²) >= 11 is 0. The summed E-state index contributed by atoms with van der Waals surface area (Å²) in [7, 11) is 0. The molecule has 3 rings (SSSR count). The van der Waals surface area contributed by atoms with E-state index in [1.807, 2.05) is 24.3 Å². The lowest BCUT2D eigenvalue weighted by molar-refractivity contribution is -0.142. The molecule has 1 unspecified atom stereocenters. The molecule has 2 aromatic carbocycles. The molecular weight excluding hydrogens is 566 g/mol. The van der Waals surface area contributed by atoms with E-state index in [4.69, 9.17) is 0 Å². The van der Waals surface area contributed by atoms with Gasteiger partial charge >= 0.3 is 17.8 Å². The van der Waals surface area contributed by atoms with Crippen LogP contribution in [0, 0.1) is 29.2 Å². The molecule has 0 spiro atoms. The van der Waals surface area contributed by atoms with E-state index in [0.717, 1.165) is 24.0 Å². The Labute approximate surface area is 237 Å². The molecule has 1 aliphatic carbocycles. The van der Waals surface area contributed by atoms with Crippen molar-refractivity contribution >= 4 is 29.5 Å². The van der Waals surface area contributed by atoms with Gasteiger partial charge in [-0.1, -0.05) is 38.1 Å². The van der Waals surface area contributed by atoms with Crippen LogP contribution in [-0.2, 0) is 30.4 Å². The summed E-state index contributed by atoms with van der Waals surface area (Å²) in [4.78, 5) is 62.4. The van der Waals surface area contributed by atoms with Gasteiger partial charge in [-0.3, -0.25) is 24.0 Å². The van der Waals surface area contributed by atoms with Crippen molar-refractivity contribution in [1.82, 2.24) is 16.0 Å². The molecule has 3 atom stereocenters. The first-order valence-electron chi connectivity index (χ1n) is 13.0. The summed E-state index contributed by atoms with van der Waals surface area (Å²) in [6.45, 7) is 1.76. The highest BCUT2D eigenvalue weighted by Crippen LogP contribution is 2.29. The lowest BCUT2D eigenvalue weighted by atomic mass is 9.88. The van der Waals surface area contributed by atoms with E-state index in [1.54, 1.807) is 0 Å². The van der Waals surface area contributed by atoms with Crippen LogP contribution in [0.15, 0.2) is 30.3 Å². The number of amides is 3. The first-order chi connectivity index (χ1) is 19.8. The Kier molecular flexibility index (Phi) is 10.6. The Bertz CT molecular complexity index is 1360. The van der Waals surface area contributed by atoms with E-state index in [9.17, 15) is 46.6 Å². The number of ketones is 1. The standard InChI is InChI=1S/C28H29F4N3O7/c1-13(2)24(35-28(41)27(40)33-18-9-5-7-14-6-3-4-8-15(14)18)26(39)34-19(11-21(37)38)20(36)12-42-25-22(31)16(29)10-17(30)23(25)32/h3-4,6,8,10,13,18-19,24H,5,7,9,11-12H2,1-2H3,(H,33,40)(H,34,39)(H,35,41)(H,37,38)/t18?,19-,24-/m0/s1. The molecule has 14 heteroatoms. The van der Waals surface area contributed by atoms with Crippen LogP contribution in [0.1, 0.15) is 50.3 Å².